The summed E-state index contributed by atoms with van der Waals surface area (Å²) in [6.07, 6.45) is 0.459. The fourth-order valence-corrected chi connectivity index (χ4v) is 4.85. The molecular formula is C28H20ClFN5O3+. The van der Waals surface area contributed by atoms with Gasteiger partial charge in [-0.2, -0.15) is 0 Å². The van der Waals surface area contributed by atoms with Gasteiger partial charge in [0.1, 0.15) is 24.1 Å². The average molecular weight is 529 g/mol. The molecule has 10 heteroatoms. The number of hydrogen-bond donors (Lipinski definition) is 2. The van der Waals surface area contributed by atoms with E-state index in [-0.39, 0.29) is 18.3 Å². The zero-order chi connectivity index (χ0) is 26.4. The van der Waals surface area contributed by atoms with Crippen LogP contribution in [0.1, 0.15) is 33.5 Å². The van der Waals surface area contributed by atoms with Crippen molar-refractivity contribution in [3.63, 3.8) is 0 Å². The third-order valence-electron chi connectivity index (χ3n) is 6.69. The van der Waals surface area contributed by atoms with Gasteiger partial charge in [-0.1, -0.05) is 28.7 Å². The summed E-state index contributed by atoms with van der Waals surface area (Å²) in [5, 5.41) is 12.9. The fraction of sp³-hybridized carbons (Fsp3) is 0.143. The Bertz CT molecular complexity index is 1640. The van der Waals surface area contributed by atoms with Crippen molar-refractivity contribution >= 4 is 52.3 Å². The standard InChI is InChI=1S/C28H19ClFN5O3/c29-16-7-10-18-20(13-16)24(19-3-1-2-4-21(19)30)31-14-22-25(18)34-28(33-22)32-17-8-5-15(6-9-17)26(36)35-12-11-23(35)27(37)38/h1-10,13,23H,11-12,14H2,(H,37,38)/p+1. The number of rotatable bonds is 4. The number of likely N-dealkylation sites (tertiary alicyclic amines) is 1. The first-order valence-corrected chi connectivity index (χ1v) is 12.3. The lowest BCUT2D eigenvalue weighted by Gasteiger charge is -2.37. The smallest absolute Gasteiger partial charge is 0.480 e. The summed E-state index contributed by atoms with van der Waals surface area (Å²) in [5.74, 6) is -1.33. The highest BCUT2D eigenvalue weighted by atomic mass is 35.5. The predicted octanol–water partition coefficient (Wildman–Crippen LogP) is 3.41. The van der Waals surface area contributed by atoms with Gasteiger partial charge in [0.15, 0.2) is 0 Å². The summed E-state index contributed by atoms with van der Waals surface area (Å²) in [4.78, 5) is 34.6. The molecule has 3 aliphatic rings. The van der Waals surface area contributed by atoms with Gasteiger partial charge in [-0.3, -0.25) is 9.79 Å². The summed E-state index contributed by atoms with van der Waals surface area (Å²) < 4.78 is 19.3. The number of carboxylic acid groups (broad SMARTS) is 1. The number of amides is 1. The van der Waals surface area contributed by atoms with Crippen LogP contribution >= 0.6 is 11.6 Å². The Labute approximate surface area is 221 Å². The number of carboxylic acids is 1. The number of hydrogen-bond acceptors (Lipinski definition) is 5. The van der Waals surface area contributed by atoms with Crippen LogP contribution in [0, 0.1) is 5.82 Å². The van der Waals surface area contributed by atoms with E-state index in [1.54, 1.807) is 54.6 Å². The minimum absolute atomic E-state index is 0.202. The first-order valence-electron chi connectivity index (χ1n) is 11.9. The number of nitrogens with zero attached hydrogens (tertiary/aromatic N) is 4. The van der Waals surface area contributed by atoms with E-state index in [1.807, 2.05) is 6.07 Å². The minimum Gasteiger partial charge on any atom is -0.480 e. The fourth-order valence-electron chi connectivity index (χ4n) is 4.68. The lowest BCUT2D eigenvalue weighted by molar-refractivity contribution is -0.146. The molecule has 6 rings (SSSR count). The summed E-state index contributed by atoms with van der Waals surface area (Å²) in [6, 6.07) is 17.7. The minimum atomic E-state index is -0.995. The van der Waals surface area contributed by atoms with E-state index in [0.29, 0.717) is 63.5 Å². The molecule has 2 N–H and O–H groups in total. The normalized spacial score (nSPS) is 17.6. The molecule has 8 nitrogen and oxygen atoms in total. The van der Waals surface area contributed by atoms with Gasteiger partial charge in [0.25, 0.3) is 5.91 Å². The van der Waals surface area contributed by atoms with Gasteiger partial charge in [0.2, 0.25) is 11.4 Å². The maximum Gasteiger partial charge on any atom is 0.486 e. The van der Waals surface area contributed by atoms with E-state index in [0.717, 1.165) is 5.56 Å². The number of nitrogens with one attached hydrogen (secondary N) is 1. The molecule has 0 saturated carbocycles. The Hall–Kier alpha value is -4.59. The highest BCUT2D eigenvalue weighted by Crippen LogP contribution is 2.26. The molecule has 0 aliphatic carbocycles. The molecule has 0 aromatic heterocycles. The molecule has 0 bridgehead atoms. The summed E-state index contributed by atoms with van der Waals surface area (Å²) in [7, 11) is 0. The highest BCUT2D eigenvalue weighted by Gasteiger charge is 2.38. The van der Waals surface area contributed by atoms with Crippen molar-refractivity contribution < 1.29 is 19.1 Å². The maximum atomic E-state index is 14.7. The van der Waals surface area contributed by atoms with Crippen molar-refractivity contribution in [2.75, 3.05) is 18.4 Å². The van der Waals surface area contributed by atoms with Crippen LogP contribution < -0.4 is 9.98 Å². The van der Waals surface area contributed by atoms with E-state index in [2.05, 4.69) is 15.0 Å². The predicted molar refractivity (Wildman–Crippen MR) is 144 cm³/mol. The Morgan fingerprint density at radius 1 is 1.03 bits per heavy atom. The average Bonchev–Trinajstić information content (AvgIpc) is 3.20. The van der Waals surface area contributed by atoms with Crippen LogP contribution in [-0.4, -0.2) is 64.1 Å². The molecule has 1 amide bonds. The zero-order valence-corrected chi connectivity index (χ0v) is 20.6. The molecule has 3 heterocycles. The Balaban J connectivity index is 1.28. The molecule has 3 aromatic carbocycles. The monoisotopic (exact) mass is 528 g/mol. The van der Waals surface area contributed by atoms with Crippen LogP contribution in [0.5, 0.6) is 0 Å². The van der Waals surface area contributed by atoms with E-state index < -0.39 is 12.0 Å². The molecule has 0 radical (unpaired) electrons. The summed E-state index contributed by atoms with van der Waals surface area (Å²) in [6.45, 7) is 0.629. The van der Waals surface area contributed by atoms with Crippen LogP contribution in [0.25, 0.3) is 0 Å². The molecule has 0 spiro atoms. The Morgan fingerprint density at radius 3 is 2.53 bits per heavy atom. The van der Waals surface area contributed by atoms with Gasteiger partial charge in [-0.15, -0.1) is 0 Å². The van der Waals surface area contributed by atoms with Gasteiger partial charge in [0, 0.05) is 33.8 Å². The number of aliphatic imine (C=N–C) groups is 2. The molecule has 1 saturated heterocycles. The molecule has 3 aromatic rings. The van der Waals surface area contributed by atoms with Crippen LogP contribution in [0.4, 0.5) is 10.1 Å². The number of guanidine groups is 1. The van der Waals surface area contributed by atoms with Gasteiger partial charge in [0.05, 0.1) is 5.71 Å². The number of halogens is 2. The second-order valence-corrected chi connectivity index (χ2v) is 9.46. The number of fused-ring (bicyclic) bond motifs is 3. The number of carbonyl (C=O) groups is 2. The van der Waals surface area contributed by atoms with Crippen LogP contribution in [0.2, 0.25) is 5.02 Å². The van der Waals surface area contributed by atoms with Crippen molar-refractivity contribution in [3.8, 4) is 0 Å². The third-order valence-corrected chi connectivity index (χ3v) is 6.93. The number of benzene rings is 3. The largest absolute Gasteiger partial charge is 0.486 e. The van der Waals surface area contributed by atoms with E-state index in [4.69, 9.17) is 16.6 Å². The lowest BCUT2D eigenvalue weighted by atomic mass is 9.94. The van der Waals surface area contributed by atoms with Crippen LogP contribution in [0.3, 0.4) is 0 Å². The Kier molecular flexibility index (Phi) is 5.87. The first-order chi connectivity index (χ1) is 18.4. The van der Waals surface area contributed by atoms with Gasteiger partial charge < -0.3 is 10.0 Å². The van der Waals surface area contributed by atoms with Crippen molar-refractivity contribution in [1.82, 2.24) is 9.57 Å². The molecule has 188 valence electrons. The molecule has 1 unspecified atom stereocenters. The molecule has 38 heavy (non-hydrogen) atoms. The van der Waals surface area contributed by atoms with E-state index in [1.165, 1.54) is 11.0 Å². The topological polar surface area (TPSA) is 108 Å². The van der Waals surface area contributed by atoms with E-state index in [9.17, 15) is 19.1 Å². The highest BCUT2D eigenvalue weighted by molar-refractivity contribution is 6.54. The van der Waals surface area contributed by atoms with Crippen LogP contribution in [0.15, 0.2) is 76.7 Å². The maximum absolute atomic E-state index is 14.7. The summed E-state index contributed by atoms with van der Waals surface area (Å²) in [5.41, 5.74) is 4.59. The second-order valence-electron chi connectivity index (χ2n) is 9.02. The second kappa shape index (κ2) is 9.37. The third kappa shape index (κ3) is 4.18. The first kappa shape index (κ1) is 23.8. The molecule has 1 fully saturated rings. The van der Waals surface area contributed by atoms with Crippen molar-refractivity contribution in [3.05, 3.63) is 99.8 Å². The van der Waals surface area contributed by atoms with Crippen molar-refractivity contribution in [1.29, 1.82) is 0 Å². The lowest BCUT2D eigenvalue weighted by Crippen LogP contribution is -2.55. The van der Waals surface area contributed by atoms with Crippen molar-refractivity contribution in [2.45, 2.75) is 12.5 Å². The molecule has 1 atom stereocenters. The van der Waals surface area contributed by atoms with E-state index >= 15 is 0 Å². The summed E-state index contributed by atoms with van der Waals surface area (Å²) >= 11 is 6.30. The van der Waals surface area contributed by atoms with Gasteiger partial charge in [-0.05, 0) is 61.0 Å². The quantitative estimate of drug-likeness (QED) is 0.506. The number of carbonyl (C=O) groups excluding carboxylic acids is 1. The number of anilines is 1. The molecular weight excluding hydrogens is 509 g/mol. The SMILES string of the molecule is O=C(O)C1CCN1C(=O)c1ccc(NC2=[N+]=C3CN=C(c4ccccc4F)c4cc(Cl)ccc4C3=N2)cc1. The zero-order valence-electron chi connectivity index (χ0n) is 19.9. The van der Waals surface area contributed by atoms with Crippen molar-refractivity contribution in [2.24, 2.45) is 9.98 Å². The number of aliphatic carboxylic acids is 1. The molecule has 3 aliphatic heterocycles. The van der Waals surface area contributed by atoms with Crippen LogP contribution in [-0.2, 0) is 4.79 Å². The van der Waals surface area contributed by atoms with Gasteiger partial charge in [-0.25, -0.2) is 19.2 Å². The Morgan fingerprint density at radius 2 is 1.82 bits per heavy atom. The van der Waals surface area contributed by atoms with Gasteiger partial charge >= 0.3 is 11.9 Å².